The van der Waals surface area contributed by atoms with Gasteiger partial charge >= 0.3 is 5.97 Å². The Morgan fingerprint density at radius 2 is 2.17 bits per heavy atom. The van der Waals surface area contributed by atoms with E-state index in [0.717, 1.165) is 0 Å². The van der Waals surface area contributed by atoms with Crippen LogP contribution >= 0.6 is 0 Å². The number of rotatable bonds is 4. The van der Waals surface area contributed by atoms with Crippen LogP contribution in [-0.2, 0) is 14.3 Å². The molecule has 0 aromatic rings. The number of aliphatic hydroxyl groups is 1. The second-order valence-corrected chi connectivity index (χ2v) is 3.09. The maximum atomic E-state index is 10.9. The molecule has 0 radical (unpaired) electrons. The van der Waals surface area contributed by atoms with Crippen molar-refractivity contribution in [1.82, 2.24) is 0 Å². The van der Waals surface area contributed by atoms with Crippen LogP contribution in [0.15, 0.2) is 0 Å². The van der Waals surface area contributed by atoms with E-state index in [4.69, 9.17) is 0 Å². The number of carbonyl (C=O) groups is 2. The van der Waals surface area contributed by atoms with Gasteiger partial charge in [0.1, 0.15) is 6.29 Å². The van der Waals surface area contributed by atoms with Crippen LogP contribution in [0.4, 0.5) is 0 Å². The fraction of sp³-hybridized carbons (Fsp3) is 0.750. The Labute approximate surface area is 71.5 Å². The van der Waals surface area contributed by atoms with E-state index in [1.165, 1.54) is 13.8 Å². The van der Waals surface area contributed by atoms with Crippen LogP contribution in [0.25, 0.3) is 0 Å². The lowest BCUT2D eigenvalue weighted by Crippen LogP contribution is -2.38. The Morgan fingerprint density at radius 3 is 2.50 bits per heavy atom. The SMILES string of the molecule is CCOC(=O)C(O)C(C)(C)C=O. The van der Waals surface area contributed by atoms with Gasteiger partial charge in [0.2, 0.25) is 0 Å². The Morgan fingerprint density at radius 1 is 1.67 bits per heavy atom. The van der Waals surface area contributed by atoms with Crippen LogP contribution in [0.2, 0.25) is 0 Å². The van der Waals surface area contributed by atoms with Crippen LogP contribution in [-0.4, -0.2) is 30.1 Å². The molecule has 12 heavy (non-hydrogen) atoms. The van der Waals surface area contributed by atoms with Gasteiger partial charge in [-0.2, -0.15) is 0 Å². The first-order chi connectivity index (χ1) is 5.45. The van der Waals surface area contributed by atoms with Gasteiger partial charge in [0.05, 0.1) is 12.0 Å². The molecule has 0 aromatic carbocycles. The van der Waals surface area contributed by atoms with Gasteiger partial charge in [-0.05, 0) is 6.92 Å². The molecule has 1 unspecified atom stereocenters. The van der Waals surface area contributed by atoms with Gasteiger partial charge in [0, 0.05) is 0 Å². The van der Waals surface area contributed by atoms with E-state index in [0.29, 0.717) is 6.29 Å². The predicted octanol–water partition coefficient (Wildman–Crippen LogP) is 0.135. The number of aldehydes is 1. The van der Waals surface area contributed by atoms with E-state index in [2.05, 4.69) is 4.74 Å². The fourth-order valence-electron chi connectivity index (χ4n) is 0.589. The molecule has 4 heteroatoms. The first kappa shape index (κ1) is 11.1. The Bertz CT molecular complexity index is 174. The largest absolute Gasteiger partial charge is 0.464 e. The average molecular weight is 174 g/mol. The third-order valence-electron chi connectivity index (χ3n) is 1.52. The summed E-state index contributed by atoms with van der Waals surface area (Å²) in [6, 6.07) is 0. The summed E-state index contributed by atoms with van der Waals surface area (Å²) in [5.41, 5.74) is -1.08. The normalized spacial score (nSPS) is 13.7. The highest BCUT2D eigenvalue weighted by Gasteiger charge is 2.34. The second-order valence-electron chi connectivity index (χ2n) is 3.09. The Hall–Kier alpha value is -0.900. The molecular weight excluding hydrogens is 160 g/mol. The summed E-state index contributed by atoms with van der Waals surface area (Å²) in [6.45, 7) is 4.78. The predicted molar refractivity (Wildman–Crippen MR) is 42.5 cm³/mol. The van der Waals surface area contributed by atoms with Crippen LogP contribution in [0.3, 0.4) is 0 Å². The minimum atomic E-state index is -1.38. The van der Waals surface area contributed by atoms with Crippen LogP contribution in [0, 0.1) is 5.41 Å². The van der Waals surface area contributed by atoms with Crippen molar-refractivity contribution in [1.29, 1.82) is 0 Å². The van der Waals surface area contributed by atoms with Crippen molar-refractivity contribution >= 4 is 12.3 Å². The molecule has 0 saturated heterocycles. The van der Waals surface area contributed by atoms with Crippen molar-refractivity contribution in [2.45, 2.75) is 26.9 Å². The first-order valence-corrected chi connectivity index (χ1v) is 3.76. The standard InChI is InChI=1S/C8H14O4/c1-4-12-7(11)6(10)8(2,3)5-9/h5-6,10H,4H2,1-3H3. The quantitative estimate of drug-likeness (QED) is 0.486. The summed E-state index contributed by atoms with van der Waals surface area (Å²) in [4.78, 5) is 21.3. The minimum absolute atomic E-state index is 0.199. The number of aliphatic hydroxyl groups excluding tert-OH is 1. The molecule has 1 N–H and O–H groups in total. The van der Waals surface area contributed by atoms with Gasteiger partial charge in [0.25, 0.3) is 0 Å². The molecular formula is C8H14O4. The van der Waals surface area contributed by atoms with E-state index in [9.17, 15) is 14.7 Å². The van der Waals surface area contributed by atoms with Crippen molar-refractivity contribution in [3.63, 3.8) is 0 Å². The number of ether oxygens (including phenoxy) is 1. The highest BCUT2D eigenvalue weighted by atomic mass is 16.5. The van der Waals surface area contributed by atoms with E-state index in [1.807, 2.05) is 0 Å². The molecule has 0 amide bonds. The topological polar surface area (TPSA) is 63.6 Å². The molecule has 0 spiro atoms. The molecule has 0 aliphatic carbocycles. The molecule has 0 heterocycles. The number of esters is 1. The smallest absolute Gasteiger partial charge is 0.335 e. The van der Waals surface area contributed by atoms with Crippen molar-refractivity contribution in [3.8, 4) is 0 Å². The molecule has 0 bridgehead atoms. The molecule has 0 aromatic heterocycles. The second kappa shape index (κ2) is 4.21. The Balaban J connectivity index is 4.27. The van der Waals surface area contributed by atoms with E-state index < -0.39 is 17.5 Å². The summed E-state index contributed by atoms with van der Waals surface area (Å²) in [5, 5.41) is 9.27. The molecule has 1 atom stereocenters. The first-order valence-electron chi connectivity index (χ1n) is 3.76. The summed E-state index contributed by atoms with van der Waals surface area (Å²) >= 11 is 0. The average Bonchev–Trinajstić information content (AvgIpc) is 2.03. The zero-order chi connectivity index (χ0) is 9.78. The highest BCUT2D eigenvalue weighted by Crippen LogP contribution is 2.17. The van der Waals surface area contributed by atoms with Gasteiger partial charge in [-0.25, -0.2) is 4.79 Å². The van der Waals surface area contributed by atoms with E-state index in [-0.39, 0.29) is 6.61 Å². The van der Waals surface area contributed by atoms with Crippen molar-refractivity contribution in [3.05, 3.63) is 0 Å². The lowest BCUT2D eigenvalue weighted by atomic mass is 9.88. The number of carbonyl (C=O) groups excluding carboxylic acids is 2. The van der Waals surface area contributed by atoms with Crippen molar-refractivity contribution < 1.29 is 19.4 Å². The number of hydrogen-bond donors (Lipinski definition) is 1. The lowest BCUT2D eigenvalue weighted by molar-refractivity contribution is -0.160. The molecule has 0 saturated carbocycles. The molecule has 70 valence electrons. The minimum Gasteiger partial charge on any atom is -0.464 e. The molecule has 0 aliphatic rings. The summed E-state index contributed by atoms with van der Waals surface area (Å²) < 4.78 is 4.54. The zero-order valence-electron chi connectivity index (χ0n) is 7.53. The van der Waals surface area contributed by atoms with Crippen molar-refractivity contribution in [2.75, 3.05) is 6.61 Å². The van der Waals surface area contributed by atoms with Gasteiger partial charge < -0.3 is 14.6 Å². The molecule has 4 nitrogen and oxygen atoms in total. The van der Waals surface area contributed by atoms with Gasteiger partial charge in [-0.3, -0.25) is 0 Å². The monoisotopic (exact) mass is 174 g/mol. The van der Waals surface area contributed by atoms with Crippen LogP contribution < -0.4 is 0 Å². The maximum Gasteiger partial charge on any atom is 0.335 e. The third-order valence-corrected chi connectivity index (χ3v) is 1.52. The summed E-state index contributed by atoms with van der Waals surface area (Å²) in [5.74, 6) is -0.755. The Kier molecular flexibility index (Phi) is 3.89. The lowest BCUT2D eigenvalue weighted by Gasteiger charge is -2.21. The van der Waals surface area contributed by atoms with E-state index >= 15 is 0 Å². The van der Waals surface area contributed by atoms with Gasteiger partial charge in [-0.15, -0.1) is 0 Å². The zero-order valence-corrected chi connectivity index (χ0v) is 7.53. The van der Waals surface area contributed by atoms with Gasteiger partial charge in [-0.1, -0.05) is 13.8 Å². The molecule has 0 rings (SSSR count). The molecule has 0 aliphatic heterocycles. The van der Waals surface area contributed by atoms with Gasteiger partial charge in [0.15, 0.2) is 6.10 Å². The third kappa shape index (κ3) is 2.62. The van der Waals surface area contributed by atoms with Crippen LogP contribution in [0.5, 0.6) is 0 Å². The fourth-order valence-corrected chi connectivity index (χ4v) is 0.589. The summed E-state index contributed by atoms with van der Waals surface area (Å²) in [6.07, 6.45) is -0.843. The molecule has 0 fully saturated rings. The van der Waals surface area contributed by atoms with Crippen LogP contribution in [0.1, 0.15) is 20.8 Å². The van der Waals surface area contributed by atoms with Crippen molar-refractivity contribution in [2.24, 2.45) is 5.41 Å². The van der Waals surface area contributed by atoms with E-state index in [1.54, 1.807) is 6.92 Å². The highest BCUT2D eigenvalue weighted by molar-refractivity contribution is 5.80. The number of hydrogen-bond acceptors (Lipinski definition) is 4. The summed E-state index contributed by atoms with van der Waals surface area (Å²) in [7, 11) is 0. The maximum absolute atomic E-state index is 10.9.